The van der Waals surface area contributed by atoms with Crippen LogP contribution in [0.2, 0.25) is 0 Å². The maximum Gasteiger partial charge on any atom is 0.431 e. The molecule has 5 nitrogen and oxygen atoms in total. The van der Waals surface area contributed by atoms with Crippen molar-refractivity contribution in [1.29, 1.82) is 0 Å². The molecule has 1 rings (SSSR count). The highest BCUT2D eigenvalue weighted by atomic mass is 16.7. The van der Waals surface area contributed by atoms with E-state index in [0.717, 1.165) is 5.76 Å². The molecule has 5 heteroatoms. The fourth-order valence-corrected chi connectivity index (χ4v) is 1.39. The highest BCUT2D eigenvalue weighted by molar-refractivity contribution is 5.66. The molecule has 0 aromatic carbocycles. The van der Waals surface area contributed by atoms with Crippen LogP contribution in [0, 0.1) is 6.92 Å². The van der Waals surface area contributed by atoms with Crippen molar-refractivity contribution in [2.24, 2.45) is 0 Å². The summed E-state index contributed by atoms with van der Waals surface area (Å²) < 4.78 is 10.5. The lowest BCUT2D eigenvalue weighted by molar-refractivity contribution is -0.0516. The minimum atomic E-state index is -0.607. The third-order valence-corrected chi connectivity index (χ3v) is 2.13. The minimum absolute atomic E-state index is 0.314. The predicted octanol–water partition coefficient (Wildman–Crippen LogP) is 3.50. The van der Waals surface area contributed by atoms with Gasteiger partial charge in [0.05, 0.1) is 0 Å². The summed E-state index contributed by atoms with van der Waals surface area (Å²) in [5.74, 6) is 1.50. The second kappa shape index (κ2) is 5.91. The molecule has 0 bridgehead atoms. The Morgan fingerprint density at radius 2 is 2.11 bits per heavy atom. The summed E-state index contributed by atoms with van der Waals surface area (Å²) in [6, 6.07) is 3.69. The summed E-state index contributed by atoms with van der Waals surface area (Å²) in [6.45, 7) is 9.18. The Hall–Kier alpha value is -1.49. The second-order valence-corrected chi connectivity index (χ2v) is 5.07. The molecule has 0 saturated heterocycles. The maximum atomic E-state index is 11.4. The average molecular weight is 255 g/mol. The van der Waals surface area contributed by atoms with Crippen molar-refractivity contribution in [2.75, 3.05) is 0 Å². The van der Waals surface area contributed by atoms with Gasteiger partial charge in [-0.3, -0.25) is 4.84 Å². The molecule has 1 aromatic rings. The molecule has 18 heavy (non-hydrogen) atoms. The van der Waals surface area contributed by atoms with Gasteiger partial charge in [-0.25, -0.2) is 4.79 Å². The Morgan fingerprint density at radius 1 is 1.44 bits per heavy atom. The summed E-state index contributed by atoms with van der Waals surface area (Å²) >= 11 is 0. The molecule has 1 heterocycles. The van der Waals surface area contributed by atoms with Gasteiger partial charge in [0.1, 0.15) is 23.2 Å². The van der Waals surface area contributed by atoms with Crippen LogP contribution in [-0.2, 0) is 9.57 Å². The predicted molar refractivity (Wildman–Crippen MR) is 66.9 cm³/mol. The molecule has 0 saturated carbocycles. The lowest BCUT2D eigenvalue weighted by atomic mass is 10.2. The van der Waals surface area contributed by atoms with E-state index in [1.165, 1.54) is 0 Å². The van der Waals surface area contributed by atoms with Gasteiger partial charge in [-0.05, 0) is 46.2 Å². The zero-order valence-electron chi connectivity index (χ0n) is 11.6. The summed E-state index contributed by atoms with van der Waals surface area (Å²) in [5.41, 5.74) is 1.73. The van der Waals surface area contributed by atoms with Crippen molar-refractivity contribution in [3.05, 3.63) is 23.7 Å². The molecule has 0 aliphatic rings. The monoisotopic (exact) mass is 255 g/mol. The number of ether oxygens (including phenoxy) is 1. The first-order valence-corrected chi connectivity index (χ1v) is 6.03. The number of aryl methyl sites for hydroxylation is 1. The van der Waals surface area contributed by atoms with E-state index >= 15 is 0 Å². The van der Waals surface area contributed by atoms with E-state index in [1.54, 1.807) is 20.8 Å². The number of nitrogens with one attached hydrogen (secondary N) is 1. The van der Waals surface area contributed by atoms with E-state index in [4.69, 9.17) is 14.0 Å². The molecule has 1 unspecified atom stereocenters. The van der Waals surface area contributed by atoms with Crippen LogP contribution in [-0.4, -0.2) is 11.7 Å². The number of amides is 1. The van der Waals surface area contributed by atoms with Gasteiger partial charge in [0.2, 0.25) is 0 Å². The Morgan fingerprint density at radius 3 is 2.56 bits per heavy atom. The summed E-state index contributed by atoms with van der Waals surface area (Å²) in [6.07, 6.45) is -0.238. The fourth-order valence-electron chi connectivity index (χ4n) is 1.39. The van der Waals surface area contributed by atoms with E-state index in [-0.39, 0.29) is 6.10 Å². The number of rotatable bonds is 4. The number of carbonyl (C=O) groups excluding carboxylic acids is 1. The van der Waals surface area contributed by atoms with Gasteiger partial charge in [-0.2, -0.15) is 5.48 Å². The van der Waals surface area contributed by atoms with Crippen LogP contribution in [0.5, 0.6) is 0 Å². The lowest BCUT2D eigenvalue weighted by Gasteiger charge is -2.20. The van der Waals surface area contributed by atoms with E-state index in [1.807, 2.05) is 26.0 Å². The number of hydroxylamine groups is 1. The van der Waals surface area contributed by atoms with Crippen LogP contribution in [0.4, 0.5) is 4.79 Å². The van der Waals surface area contributed by atoms with Gasteiger partial charge in [0.25, 0.3) is 0 Å². The van der Waals surface area contributed by atoms with Crippen molar-refractivity contribution in [1.82, 2.24) is 5.48 Å². The zero-order chi connectivity index (χ0) is 13.8. The molecule has 0 aliphatic carbocycles. The molecule has 102 valence electrons. The smallest absolute Gasteiger partial charge is 0.431 e. The van der Waals surface area contributed by atoms with Crippen LogP contribution in [0.1, 0.15) is 51.7 Å². The van der Waals surface area contributed by atoms with Crippen molar-refractivity contribution >= 4 is 6.09 Å². The number of furan rings is 1. The summed E-state index contributed by atoms with van der Waals surface area (Å²) in [5, 5.41) is 0. The first-order chi connectivity index (χ1) is 8.31. The average Bonchev–Trinajstić information content (AvgIpc) is 2.63. The molecule has 0 fully saturated rings. The minimum Gasteiger partial charge on any atom is -0.464 e. The van der Waals surface area contributed by atoms with Gasteiger partial charge >= 0.3 is 6.09 Å². The summed E-state index contributed by atoms with van der Waals surface area (Å²) in [7, 11) is 0. The normalized spacial score (nSPS) is 13.2. The Bertz CT molecular complexity index is 392. The van der Waals surface area contributed by atoms with Crippen molar-refractivity contribution < 1.29 is 18.8 Å². The van der Waals surface area contributed by atoms with Crippen LogP contribution in [0.25, 0.3) is 0 Å². The second-order valence-electron chi connectivity index (χ2n) is 5.07. The van der Waals surface area contributed by atoms with Crippen molar-refractivity contribution in [3.63, 3.8) is 0 Å². The van der Waals surface area contributed by atoms with Crippen LogP contribution < -0.4 is 5.48 Å². The van der Waals surface area contributed by atoms with Gasteiger partial charge in [-0.1, -0.05) is 6.92 Å². The Labute approximate surface area is 107 Å². The molecule has 0 aliphatic heterocycles. The molecular weight excluding hydrogens is 234 g/mol. The van der Waals surface area contributed by atoms with Crippen LogP contribution in [0.15, 0.2) is 16.5 Å². The van der Waals surface area contributed by atoms with E-state index in [0.29, 0.717) is 12.2 Å². The molecular formula is C13H21NO4. The Balaban J connectivity index is 2.48. The topological polar surface area (TPSA) is 60.7 Å². The van der Waals surface area contributed by atoms with Crippen molar-refractivity contribution in [2.45, 2.75) is 52.7 Å². The molecule has 1 aromatic heterocycles. The third-order valence-electron chi connectivity index (χ3n) is 2.13. The standard InChI is InChI=1S/C13H21NO4/c1-6-10(11-8-7-9(2)16-11)18-14-12(15)17-13(3,4)5/h7-8,10H,6H2,1-5H3,(H,14,15). The molecule has 1 amide bonds. The lowest BCUT2D eigenvalue weighted by Crippen LogP contribution is -2.33. The quantitative estimate of drug-likeness (QED) is 0.836. The third kappa shape index (κ3) is 4.79. The highest BCUT2D eigenvalue weighted by Gasteiger charge is 2.19. The molecule has 1 atom stereocenters. The van der Waals surface area contributed by atoms with Gasteiger partial charge in [-0.15, -0.1) is 0 Å². The maximum absolute atomic E-state index is 11.4. The first-order valence-electron chi connectivity index (χ1n) is 6.03. The van der Waals surface area contributed by atoms with Crippen LogP contribution >= 0.6 is 0 Å². The SMILES string of the molecule is CCC(ONC(=O)OC(C)(C)C)c1ccc(C)o1. The number of hydrogen-bond acceptors (Lipinski definition) is 4. The number of hydrogen-bond donors (Lipinski definition) is 1. The fraction of sp³-hybridized carbons (Fsp3) is 0.615. The summed E-state index contributed by atoms with van der Waals surface area (Å²) in [4.78, 5) is 16.7. The van der Waals surface area contributed by atoms with Crippen LogP contribution in [0.3, 0.4) is 0 Å². The highest BCUT2D eigenvalue weighted by Crippen LogP contribution is 2.22. The van der Waals surface area contributed by atoms with E-state index in [9.17, 15) is 4.79 Å². The number of carbonyl (C=O) groups is 1. The van der Waals surface area contributed by atoms with Gasteiger partial charge < -0.3 is 9.15 Å². The first kappa shape index (κ1) is 14.6. The largest absolute Gasteiger partial charge is 0.464 e. The van der Waals surface area contributed by atoms with E-state index in [2.05, 4.69) is 5.48 Å². The Kier molecular flexibility index (Phi) is 4.78. The van der Waals surface area contributed by atoms with Crippen molar-refractivity contribution in [3.8, 4) is 0 Å². The van der Waals surface area contributed by atoms with Gasteiger partial charge in [0, 0.05) is 0 Å². The zero-order valence-corrected chi connectivity index (χ0v) is 11.6. The molecule has 0 spiro atoms. The molecule has 1 N–H and O–H groups in total. The van der Waals surface area contributed by atoms with Gasteiger partial charge in [0.15, 0.2) is 0 Å². The van der Waals surface area contributed by atoms with E-state index < -0.39 is 11.7 Å². The molecule has 0 radical (unpaired) electrons.